The third-order valence-corrected chi connectivity index (χ3v) is 2.45. The summed E-state index contributed by atoms with van der Waals surface area (Å²) in [5.41, 5.74) is 0. The number of carbonyl (C=O) groups is 1. The molecule has 6 nitrogen and oxygen atoms in total. The molecule has 98 valence electrons. The molecule has 1 N–H and O–H groups in total. The number of carbonyl (C=O) groups excluding carboxylic acids is 1. The third kappa shape index (κ3) is 3.41. The van der Waals surface area contributed by atoms with Crippen molar-refractivity contribution in [3.63, 3.8) is 0 Å². The fraction of sp³-hybridized carbons (Fsp3) is 0.500. The summed E-state index contributed by atoms with van der Waals surface area (Å²) >= 11 is 0. The van der Waals surface area contributed by atoms with E-state index in [1.165, 1.54) is 0 Å². The van der Waals surface area contributed by atoms with E-state index >= 15 is 0 Å². The van der Waals surface area contributed by atoms with Gasteiger partial charge in [-0.25, -0.2) is 4.98 Å². The van der Waals surface area contributed by atoms with E-state index in [0.717, 1.165) is 0 Å². The Hall–Kier alpha value is -1.66. The van der Waals surface area contributed by atoms with Gasteiger partial charge in [0.25, 0.3) is 0 Å². The first-order valence-electron chi connectivity index (χ1n) is 5.70. The van der Waals surface area contributed by atoms with Gasteiger partial charge >= 0.3 is 0 Å². The standard InChI is InChI=1S/C12H16N2O4/c1-12(2)17-7-10(18-12)6-16-9-3-4-11(13-5-9)14-8-15/h3-5,8,10H,6-7H2,1-2H3,(H,13,14,15). The fourth-order valence-electron chi connectivity index (χ4n) is 1.65. The molecule has 0 spiro atoms. The zero-order valence-electron chi connectivity index (χ0n) is 10.4. The topological polar surface area (TPSA) is 69.7 Å². The number of anilines is 1. The van der Waals surface area contributed by atoms with Crippen molar-refractivity contribution >= 4 is 12.2 Å². The first-order chi connectivity index (χ1) is 8.59. The van der Waals surface area contributed by atoms with E-state index in [-0.39, 0.29) is 6.10 Å². The summed E-state index contributed by atoms with van der Waals surface area (Å²) in [7, 11) is 0. The summed E-state index contributed by atoms with van der Waals surface area (Å²) in [5.74, 6) is 0.572. The summed E-state index contributed by atoms with van der Waals surface area (Å²) in [5, 5.41) is 2.45. The van der Waals surface area contributed by atoms with E-state index in [1.807, 2.05) is 13.8 Å². The normalized spacial score (nSPS) is 21.6. The van der Waals surface area contributed by atoms with Crippen molar-refractivity contribution in [2.45, 2.75) is 25.7 Å². The predicted molar refractivity (Wildman–Crippen MR) is 64.3 cm³/mol. The lowest BCUT2D eigenvalue weighted by molar-refractivity contribution is -0.141. The van der Waals surface area contributed by atoms with Crippen LogP contribution in [0.4, 0.5) is 5.82 Å². The van der Waals surface area contributed by atoms with Gasteiger partial charge in [0.1, 0.15) is 24.3 Å². The van der Waals surface area contributed by atoms with E-state index in [4.69, 9.17) is 14.2 Å². The molecule has 1 aromatic rings. The van der Waals surface area contributed by atoms with Gasteiger partial charge in [-0.15, -0.1) is 0 Å². The van der Waals surface area contributed by atoms with Gasteiger partial charge in [0.15, 0.2) is 5.79 Å². The van der Waals surface area contributed by atoms with Crippen molar-refractivity contribution in [3.05, 3.63) is 18.3 Å². The van der Waals surface area contributed by atoms with E-state index in [9.17, 15) is 4.79 Å². The number of nitrogens with one attached hydrogen (secondary N) is 1. The average Bonchev–Trinajstić information content (AvgIpc) is 2.69. The Morgan fingerprint density at radius 1 is 1.61 bits per heavy atom. The molecule has 1 saturated heterocycles. The second kappa shape index (κ2) is 5.32. The molecule has 6 heteroatoms. The quantitative estimate of drug-likeness (QED) is 0.797. The van der Waals surface area contributed by atoms with Crippen LogP contribution >= 0.6 is 0 Å². The Labute approximate surface area is 105 Å². The molecule has 0 bridgehead atoms. The smallest absolute Gasteiger partial charge is 0.212 e. The van der Waals surface area contributed by atoms with Gasteiger partial charge in [-0.3, -0.25) is 4.79 Å². The first-order valence-corrected chi connectivity index (χ1v) is 5.70. The minimum Gasteiger partial charge on any atom is -0.489 e. The van der Waals surface area contributed by atoms with Gasteiger partial charge in [-0.05, 0) is 26.0 Å². The second-order valence-electron chi connectivity index (χ2n) is 4.40. The highest BCUT2D eigenvalue weighted by atomic mass is 16.7. The molecule has 2 rings (SSSR count). The molecular formula is C12H16N2O4. The lowest BCUT2D eigenvalue weighted by Crippen LogP contribution is -2.25. The summed E-state index contributed by atoms with van der Waals surface area (Å²) in [6, 6.07) is 3.40. The highest BCUT2D eigenvalue weighted by molar-refractivity contribution is 5.68. The van der Waals surface area contributed by atoms with Gasteiger partial charge in [0.2, 0.25) is 6.41 Å². The molecule has 2 heterocycles. The van der Waals surface area contributed by atoms with Crippen LogP contribution in [0.2, 0.25) is 0 Å². The molecule has 0 radical (unpaired) electrons. The molecule has 1 unspecified atom stereocenters. The number of amides is 1. The minimum atomic E-state index is -0.538. The Morgan fingerprint density at radius 2 is 2.44 bits per heavy atom. The number of rotatable bonds is 5. The molecule has 1 fully saturated rings. The number of ether oxygens (including phenoxy) is 3. The van der Waals surface area contributed by atoms with Gasteiger partial charge in [-0.2, -0.15) is 0 Å². The fourth-order valence-corrected chi connectivity index (χ4v) is 1.65. The number of aromatic nitrogens is 1. The summed E-state index contributed by atoms with van der Waals surface area (Å²) < 4.78 is 16.6. The molecule has 1 aliphatic heterocycles. The van der Waals surface area contributed by atoms with Crippen molar-refractivity contribution in [1.29, 1.82) is 0 Å². The van der Waals surface area contributed by atoms with Crippen LogP contribution in [0.1, 0.15) is 13.8 Å². The van der Waals surface area contributed by atoms with E-state index in [2.05, 4.69) is 10.3 Å². The van der Waals surface area contributed by atoms with Crippen LogP contribution in [-0.2, 0) is 14.3 Å². The molecule has 0 aliphatic carbocycles. The Morgan fingerprint density at radius 3 is 3.00 bits per heavy atom. The number of pyridine rings is 1. The summed E-state index contributed by atoms with van der Waals surface area (Å²) in [6.45, 7) is 4.67. The molecule has 0 saturated carbocycles. The zero-order chi connectivity index (χ0) is 13.0. The molecule has 1 amide bonds. The Balaban J connectivity index is 1.81. The monoisotopic (exact) mass is 252 g/mol. The minimum absolute atomic E-state index is 0.0761. The maximum atomic E-state index is 10.2. The van der Waals surface area contributed by atoms with E-state index < -0.39 is 5.79 Å². The molecule has 1 aromatic heterocycles. The largest absolute Gasteiger partial charge is 0.489 e. The number of hydrogen-bond acceptors (Lipinski definition) is 5. The van der Waals surface area contributed by atoms with Crippen molar-refractivity contribution < 1.29 is 19.0 Å². The maximum absolute atomic E-state index is 10.2. The van der Waals surface area contributed by atoms with Crippen molar-refractivity contribution in [2.75, 3.05) is 18.5 Å². The first kappa shape index (κ1) is 12.8. The molecule has 1 atom stereocenters. The molecule has 18 heavy (non-hydrogen) atoms. The van der Waals surface area contributed by atoms with Gasteiger partial charge < -0.3 is 19.5 Å². The van der Waals surface area contributed by atoms with Crippen LogP contribution < -0.4 is 10.1 Å². The lowest BCUT2D eigenvalue weighted by atomic mass is 10.4. The van der Waals surface area contributed by atoms with Crippen LogP contribution in [0.15, 0.2) is 18.3 Å². The van der Waals surface area contributed by atoms with Crippen LogP contribution in [0, 0.1) is 0 Å². The van der Waals surface area contributed by atoms with Crippen LogP contribution in [0.5, 0.6) is 5.75 Å². The zero-order valence-corrected chi connectivity index (χ0v) is 10.4. The van der Waals surface area contributed by atoms with Crippen molar-refractivity contribution in [1.82, 2.24) is 4.98 Å². The van der Waals surface area contributed by atoms with Crippen LogP contribution in [0.25, 0.3) is 0 Å². The summed E-state index contributed by atoms with van der Waals surface area (Å²) in [4.78, 5) is 14.2. The molecule has 1 aliphatic rings. The number of hydrogen-bond donors (Lipinski definition) is 1. The predicted octanol–water partition coefficient (Wildman–Crippen LogP) is 1.18. The SMILES string of the molecule is CC1(C)OCC(COc2ccc(NC=O)nc2)O1. The average molecular weight is 252 g/mol. The highest BCUT2D eigenvalue weighted by Gasteiger charge is 2.32. The van der Waals surface area contributed by atoms with Crippen LogP contribution in [0.3, 0.4) is 0 Å². The maximum Gasteiger partial charge on any atom is 0.212 e. The third-order valence-electron chi connectivity index (χ3n) is 2.45. The van der Waals surface area contributed by atoms with Gasteiger partial charge in [0.05, 0.1) is 12.8 Å². The molecule has 0 aromatic carbocycles. The second-order valence-corrected chi connectivity index (χ2v) is 4.40. The van der Waals surface area contributed by atoms with Crippen molar-refractivity contribution in [2.24, 2.45) is 0 Å². The molecular weight excluding hydrogens is 236 g/mol. The highest BCUT2D eigenvalue weighted by Crippen LogP contribution is 2.23. The number of nitrogens with zero attached hydrogens (tertiary/aromatic N) is 1. The van der Waals surface area contributed by atoms with E-state index in [0.29, 0.717) is 31.2 Å². The summed E-state index contributed by atoms with van der Waals surface area (Å²) in [6.07, 6.45) is 2.05. The van der Waals surface area contributed by atoms with Crippen molar-refractivity contribution in [3.8, 4) is 5.75 Å². The van der Waals surface area contributed by atoms with Gasteiger partial charge in [0, 0.05) is 0 Å². The Kier molecular flexibility index (Phi) is 3.78. The Bertz CT molecular complexity index is 405. The lowest BCUT2D eigenvalue weighted by Gasteiger charge is -2.17. The van der Waals surface area contributed by atoms with Gasteiger partial charge in [-0.1, -0.05) is 0 Å². The van der Waals surface area contributed by atoms with Crippen LogP contribution in [-0.4, -0.2) is 36.5 Å². The van der Waals surface area contributed by atoms with E-state index in [1.54, 1.807) is 18.3 Å².